The van der Waals surface area contributed by atoms with E-state index in [1.165, 1.54) is 14.0 Å². The van der Waals surface area contributed by atoms with E-state index in [1.807, 2.05) is 36.4 Å². The second-order valence-corrected chi connectivity index (χ2v) is 8.76. The molecule has 1 aliphatic heterocycles. The molecule has 1 saturated heterocycles. The molecule has 0 saturated carbocycles. The third-order valence-corrected chi connectivity index (χ3v) is 6.67. The van der Waals surface area contributed by atoms with E-state index in [9.17, 15) is 19.5 Å². The van der Waals surface area contributed by atoms with Crippen LogP contribution < -0.4 is 4.74 Å². The number of amides is 1. The van der Waals surface area contributed by atoms with Crippen LogP contribution in [0.2, 0.25) is 0 Å². The second-order valence-electron chi connectivity index (χ2n) is 8.76. The van der Waals surface area contributed by atoms with E-state index in [0.29, 0.717) is 18.1 Å². The van der Waals surface area contributed by atoms with E-state index in [4.69, 9.17) is 9.47 Å². The Balaban J connectivity index is 1.68. The quantitative estimate of drug-likeness (QED) is 0.538. The zero-order chi connectivity index (χ0) is 24.7. The summed E-state index contributed by atoms with van der Waals surface area (Å²) in [4.78, 5) is 39.0. The Morgan fingerprint density at radius 3 is 2.09 bits per heavy atom. The normalized spacial score (nSPS) is 15.9. The van der Waals surface area contributed by atoms with Gasteiger partial charge in [0.1, 0.15) is 12.4 Å². The van der Waals surface area contributed by atoms with E-state index in [1.54, 1.807) is 19.1 Å². The number of Topliss-reactive ketones (excluding diaryl/α,β-unsaturated/α-hetero) is 2. The van der Waals surface area contributed by atoms with Gasteiger partial charge in [0.15, 0.2) is 17.1 Å². The topological polar surface area (TPSA) is 93.1 Å². The number of rotatable bonds is 10. The highest BCUT2D eigenvalue weighted by Crippen LogP contribution is 2.26. The molecule has 7 heteroatoms. The van der Waals surface area contributed by atoms with Crippen molar-refractivity contribution >= 4 is 17.5 Å². The lowest BCUT2D eigenvalue weighted by atomic mass is 9.87. The van der Waals surface area contributed by atoms with Crippen LogP contribution in [0.5, 0.6) is 5.75 Å². The summed E-state index contributed by atoms with van der Waals surface area (Å²) in [6, 6.07) is 14.8. The lowest BCUT2D eigenvalue weighted by Crippen LogP contribution is -2.59. The van der Waals surface area contributed by atoms with E-state index in [0.717, 1.165) is 47.8 Å². The summed E-state index contributed by atoms with van der Waals surface area (Å²) in [5.41, 5.74) is 0.546. The minimum Gasteiger partial charge on any atom is -0.493 e. The third-order valence-electron chi connectivity index (χ3n) is 6.67. The molecule has 2 aromatic rings. The lowest BCUT2D eigenvalue weighted by Gasteiger charge is -2.35. The molecule has 182 valence electrons. The van der Waals surface area contributed by atoms with Crippen LogP contribution >= 0.6 is 0 Å². The Morgan fingerprint density at radius 2 is 1.56 bits per heavy atom. The monoisotopic (exact) mass is 467 g/mol. The van der Waals surface area contributed by atoms with Gasteiger partial charge in [-0.1, -0.05) is 31.2 Å². The molecule has 1 aliphatic rings. The molecule has 1 heterocycles. The van der Waals surface area contributed by atoms with Crippen LogP contribution in [0, 0.1) is 5.92 Å². The van der Waals surface area contributed by atoms with Crippen molar-refractivity contribution in [1.82, 2.24) is 4.90 Å². The van der Waals surface area contributed by atoms with E-state index in [-0.39, 0.29) is 6.42 Å². The van der Waals surface area contributed by atoms with Crippen LogP contribution in [0.25, 0.3) is 11.1 Å². The Kier molecular flexibility index (Phi) is 8.58. The number of hydrogen-bond donors (Lipinski definition) is 1. The number of likely N-dealkylation sites (N-methyl/N-ethyl adjacent to an activating group) is 1. The van der Waals surface area contributed by atoms with Crippen molar-refractivity contribution in [2.45, 2.75) is 38.6 Å². The summed E-state index contributed by atoms with van der Waals surface area (Å²) in [6.45, 7) is 4.48. The Labute approximate surface area is 200 Å². The highest BCUT2D eigenvalue weighted by atomic mass is 16.5. The molecule has 1 fully saturated rings. The van der Waals surface area contributed by atoms with Crippen molar-refractivity contribution in [3.8, 4) is 16.9 Å². The number of ketones is 2. The summed E-state index contributed by atoms with van der Waals surface area (Å²) < 4.78 is 11.3. The lowest BCUT2D eigenvalue weighted by molar-refractivity contribution is -0.141. The van der Waals surface area contributed by atoms with Crippen molar-refractivity contribution in [3.05, 3.63) is 54.1 Å². The largest absolute Gasteiger partial charge is 0.493 e. The van der Waals surface area contributed by atoms with Gasteiger partial charge in [-0.25, -0.2) is 0 Å². The molecule has 7 nitrogen and oxygen atoms in total. The van der Waals surface area contributed by atoms with Crippen molar-refractivity contribution in [2.75, 3.05) is 33.5 Å². The van der Waals surface area contributed by atoms with Crippen LogP contribution in [0.1, 0.15) is 43.5 Å². The van der Waals surface area contributed by atoms with Crippen molar-refractivity contribution < 1.29 is 29.0 Å². The predicted octanol–water partition coefficient (Wildman–Crippen LogP) is 3.53. The molecule has 1 atom stereocenters. The zero-order valence-corrected chi connectivity index (χ0v) is 20.1. The molecule has 0 spiro atoms. The summed E-state index contributed by atoms with van der Waals surface area (Å²) in [5.74, 6) is -0.241. The van der Waals surface area contributed by atoms with Crippen LogP contribution in [0.4, 0.5) is 0 Å². The minimum atomic E-state index is -1.71. The first-order valence-corrected chi connectivity index (χ1v) is 11.7. The molecular formula is C27H33NO6. The molecule has 1 N–H and O–H groups in total. The first-order chi connectivity index (χ1) is 16.3. The number of aliphatic hydroxyl groups excluding tert-OH is 1. The number of benzene rings is 2. The van der Waals surface area contributed by atoms with Gasteiger partial charge in [-0.3, -0.25) is 14.4 Å². The van der Waals surface area contributed by atoms with Crippen molar-refractivity contribution in [3.63, 3.8) is 0 Å². The van der Waals surface area contributed by atoms with Gasteiger partial charge in [0.2, 0.25) is 0 Å². The number of ether oxygens (including phenoxy) is 2. The van der Waals surface area contributed by atoms with Crippen LogP contribution in [0.15, 0.2) is 48.5 Å². The van der Waals surface area contributed by atoms with Gasteiger partial charge in [0.25, 0.3) is 5.91 Å². The van der Waals surface area contributed by atoms with Crippen LogP contribution in [-0.2, 0) is 14.3 Å². The highest BCUT2D eigenvalue weighted by Gasteiger charge is 2.45. The van der Waals surface area contributed by atoms with Gasteiger partial charge in [-0.15, -0.1) is 0 Å². The number of carbonyl (C=O) groups is 3. The summed E-state index contributed by atoms with van der Waals surface area (Å²) in [5, 5.41) is 9.34. The fourth-order valence-electron chi connectivity index (χ4n) is 4.10. The van der Waals surface area contributed by atoms with Gasteiger partial charge in [0, 0.05) is 32.2 Å². The molecule has 34 heavy (non-hydrogen) atoms. The van der Waals surface area contributed by atoms with E-state index in [2.05, 4.69) is 0 Å². The smallest absolute Gasteiger partial charge is 0.254 e. The third kappa shape index (κ3) is 5.54. The maximum Gasteiger partial charge on any atom is 0.254 e. The minimum absolute atomic E-state index is 0.0770. The molecule has 0 bridgehead atoms. The van der Waals surface area contributed by atoms with Gasteiger partial charge < -0.3 is 19.5 Å². The zero-order valence-electron chi connectivity index (χ0n) is 20.1. The SMILES string of the molecule is CCC(=O)[C@@](C)(C(=O)CO)N(C)C(=O)c1ccc(-c2ccc(OCC3CCOCC3)cc2)cc1. The van der Waals surface area contributed by atoms with Gasteiger partial charge in [0.05, 0.1) is 6.61 Å². The highest BCUT2D eigenvalue weighted by molar-refractivity contribution is 6.15. The summed E-state index contributed by atoms with van der Waals surface area (Å²) >= 11 is 0. The van der Waals surface area contributed by atoms with Crippen LogP contribution in [0.3, 0.4) is 0 Å². The molecule has 0 aliphatic carbocycles. The van der Waals surface area contributed by atoms with E-state index >= 15 is 0 Å². The number of hydrogen-bond acceptors (Lipinski definition) is 6. The second kappa shape index (κ2) is 11.4. The molecular weight excluding hydrogens is 434 g/mol. The first-order valence-electron chi connectivity index (χ1n) is 11.7. The number of aliphatic hydroxyl groups is 1. The molecule has 3 rings (SSSR count). The average Bonchev–Trinajstić information content (AvgIpc) is 2.90. The van der Waals surface area contributed by atoms with Gasteiger partial charge >= 0.3 is 0 Å². The fraction of sp³-hybridized carbons (Fsp3) is 0.444. The van der Waals surface area contributed by atoms with Crippen molar-refractivity contribution in [2.24, 2.45) is 5.92 Å². The number of carbonyl (C=O) groups excluding carboxylic acids is 3. The maximum atomic E-state index is 13.0. The molecule has 1 amide bonds. The summed E-state index contributed by atoms with van der Waals surface area (Å²) in [7, 11) is 1.41. The first kappa shape index (κ1) is 25.6. The standard InChI is InChI=1S/C27H33NO6/c1-4-24(30)27(2,25(31)17-29)28(3)26(32)22-7-5-20(6-8-22)21-9-11-23(12-10-21)34-18-19-13-15-33-16-14-19/h5-12,19,29H,4,13-18H2,1-3H3/t27-/m0/s1. The molecule has 0 unspecified atom stereocenters. The molecule has 2 aromatic carbocycles. The Hall–Kier alpha value is -3.03. The van der Waals surface area contributed by atoms with Gasteiger partial charge in [-0.2, -0.15) is 0 Å². The fourth-order valence-corrected chi connectivity index (χ4v) is 4.10. The van der Waals surface area contributed by atoms with Gasteiger partial charge in [-0.05, 0) is 61.1 Å². The van der Waals surface area contributed by atoms with E-state index < -0.39 is 29.6 Å². The Morgan fingerprint density at radius 1 is 1.00 bits per heavy atom. The summed E-state index contributed by atoms with van der Waals surface area (Å²) in [6.07, 6.45) is 2.13. The molecule has 0 aromatic heterocycles. The Bertz CT molecular complexity index is 977. The average molecular weight is 468 g/mol. The maximum absolute atomic E-state index is 13.0. The van der Waals surface area contributed by atoms with Crippen LogP contribution in [-0.4, -0.2) is 66.5 Å². The number of nitrogens with zero attached hydrogens (tertiary/aromatic N) is 1. The predicted molar refractivity (Wildman–Crippen MR) is 129 cm³/mol. The van der Waals surface area contributed by atoms with Crippen molar-refractivity contribution in [1.29, 1.82) is 0 Å². The molecule has 0 radical (unpaired) electrons.